The molecule has 0 fully saturated rings. The molecule has 0 amide bonds. The number of hydrogen-bond acceptors (Lipinski definition) is 3. The second kappa shape index (κ2) is 7.76. The first kappa shape index (κ1) is 17.0. The summed E-state index contributed by atoms with van der Waals surface area (Å²) in [7, 11) is 0. The maximum absolute atomic E-state index is 10.4. The Labute approximate surface area is 149 Å². The Balaban J connectivity index is 2.14. The average molecular weight is 448 g/mol. The third-order valence-corrected chi connectivity index (χ3v) is 4.14. The van der Waals surface area contributed by atoms with Gasteiger partial charge in [0, 0.05) is 11.1 Å². The first-order valence-electron chi connectivity index (χ1n) is 6.13. The smallest absolute Gasteiger partial charge is 0.235 e. The van der Waals surface area contributed by atoms with Gasteiger partial charge in [-0.05, 0) is 67.3 Å². The van der Waals surface area contributed by atoms with Gasteiger partial charge in [0.15, 0.2) is 0 Å². The molecule has 0 radical (unpaired) electrons. The predicted octanol–water partition coefficient (Wildman–Crippen LogP) is 5.69. The van der Waals surface area contributed by atoms with Gasteiger partial charge in [-0.1, -0.05) is 23.7 Å². The van der Waals surface area contributed by atoms with Crippen molar-refractivity contribution in [3.05, 3.63) is 77.8 Å². The quantitative estimate of drug-likeness (QED) is 0.437. The van der Waals surface area contributed by atoms with Crippen molar-refractivity contribution in [2.45, 2.75) is 6.61 Å². The molecule has 4 nitrogen and oxygen atoms in total. The van der Waals surface area contributed by atoms with E-state index in [1.54, 1.807) is 24.3 Å². The Bertz CT molecular complexity index is 694. The molecular formula is C15H10Br2ClNO3. The molecule has 114 valence electrons. The third-order valence-electron chi connectivity index (χ3n) is 2.71. The molecule has 0 bridgehead atoms. The van der Waals surface area contributed by atoms with Crippen molar-refractivity contribution < 1.29 is 9.66 Å². The zero-order chi connectivity index (χ0) is 16.1. The summed E-state index contributed by atoms with van der Waals surface area (Å²) in [5, 5.41) is 11.0. The van der Waals surface area contributed by atoms with E-state index in [0.29, 0.717) is 31.9 Å². The molecule has 0 unspecified atom stereocenters. The van der Waals surface area contributed by atoms with Crippen molar-refractivity contribution in [1.82, 2.24) is 0 Å². The summed E-state index contributed by atoms with van der Waals surface area (Å²) in [4.78, 5) is 9.85. The molecule has 7 heteroatoms. The fourth-order valence-electron chi connectivity index (χ4n) is 1.70. The number of hydrogen-bond donors (Lipinski definition) is 0. The van der Waals surface area contributed by atoms with Crippen LogP contribution < -0.4 is 4.74 Å². The first-order valence-corrected chi connectivity index (χ1v) is 8.10. The monoisotopic (exact) mass is 445 g/mol. The third kappa shape index (κ3) is 4.83. The molecule has 0 spiro atoms. The van der Waals surface area contributed by atoms with Crippen molar-refractivity contribution in [2.24, 2.45) is 0 Å². The largest absolute Gasteiger partial charge is 0.487 e. The van der Waals surface area contributed by atoms with Crippen LogP contribution in [-0.4, -0.2) is 4.92 Å². The van der Waals surface area contributed by atoms with E-state index in [2.05, 4.69) is 31.9 Å². The van der Waals surface area contributed by atoms with Gasteiger partial charge in [0.25, 0.3) is 0 Å². The molecule has 2 aromatic rings. The van der Waals surface area contributed by atoms with Gasteiger partial charge in [-0.3, -0.25) is 10.1 Å². The normalized spacial score (nSPS) is 10.9. The Hall–Kier alpha value is -1.37. The summed E-state index contributed by atoms with van der Waals surface area (Å²) in [6.45, 7) is 0.387. The highest BCUT2D eigenvalue weighted by Gasteiger charge is 2.09. The van der Waals surface area contributed by atoms with Gasteiger partial charge in [0.1, 0.15) is 12.4 Å². The molecule has 0 saturated carbocycles. The second-order valence-corrected chi connectivity index (χ2v) is 6.48. The molecule has 0 atom stereocenters. The van der Waals surface area contributed by atoms with Crippen molar-refractivity contribution in [3.63, 3.8) is 0 Å². The summed E-state index contributed by atoms with van der Waals surface area (Å²) in [5.41, 5.74) is 1.68. The highest BCUT2D eigenvalue weighted by molar-refractivity contribution is 9.11. The van der Waals surface area contributed by atoms with E-state index in [1.807, 2.05) is 12.1 Å². The van der Waals surface area contributed by atoms with Crippen molar-refractivity contribution in [1.29, 1.82) is 0 Å². The summed E-state index contributed by atoms with van der Waals surface area (Å²) in [6.07, 6.45) is 2.31. The minimum Gasteiger partial charge on any atom is -0.487 e. The lowest BCUT2D eigenvalue weighted by atomic mass is 10.2. The minimum absolute atomic E-state index is 0.387. The number of rotatable bonds is 5. The Morgan fingerprint density at radius 2 is 1.77 bits per heavy atom. The molecule has 0 N–H and O–H groups in total. The molecule has 2 rings (SSSR count). The van der Waals surface area contributed by atoms with E-state index >= 15 is 0 Å². The Morgan fingerprint density at radius 3 is 2.32 bits per heavy atom. The molecule has 0 aliphatic heterocycles. The Kier molecular flexibility index (Phi) is 5.99. The van der Waals surface area contributed by atoms with E-state index in [4.69, 9.17) is 16.3 Å². The molecule has 0 saturated heterocycles. The van der Waals surface area contributed by atoms with Gasteiger partial charge < -0.3 is 4.74 Å². The van der Waals surface area contributed by atoms with E-state index in [1.165, 1.54) is 6.08 Å². The van der Waals surface area contributed by atoms with Crippen LogP contribution in [0.2, 0.25) is 5.02 Å². The maximum Gasteiger partial charge on any atom is 0.235 e. The molecule has 22 heavy (non-hydrogen) atoms. The topological polar surface area (TPSA) is 52.4 Å². The zero-order valence-corrected chi connectivity index (χ0v) is 15.1. The fraction of sp³-hybridized carbons (Fsp3) is 0.0667. The number of halogens is 3. The van der Waals surface area contributed by atoms with Crippen LogP contribution in [0.3, 0.4) is 0 Å². The number of nitrogens with zero attached hydrogens (tertiary/aromatic N) is 1. The van der Waals surface area contributed by atoms with Crippen LogP contribution in [0.25, 0.3) is 6.08 Å². The SMILES string of the molecule is O=[N+]([O-])/C=C/c1cc(Br)c(OCc2ccc(Cl)cc2)c(Br)c1. The van der Waals surface area contributed by atoms with E-state index in [9.17, 15) is 10.1 Å². The van der Waals surface area contributed by atoms with Gasteiger partial charge in [-0.25, -0.2) is 0 Å². The van der Waals surface area contributed by atoms with Crippen molar-refractivity contribution in [2.75, 3.05) is 0 Å². The van der Waals surface area contributed by atoms with Crippen LogP contribution in [0, 0.1) is 10.1 Å². The second-order valence-electron chi connectivity index (χ2n) is 4.33. The number of nitro groups is 1. The summed E-state index contributed by atoms with van der Waals surface area (Å²) >= 11 is 12.7. The van der Waals surface area contributed by atoms with Crippen LogP contribution in [0.5, 0.6) is 5.75 Å². The van der Waals surface area contributed by atoms with Gasteiger partial charge in [0.05, 0.1) is 13.9 Å². The van der Waals surface area contributed by atoms with Crippen LogP contribution in [0.1, 0.15) is 11.1 Å². The van der Waals surface area contributed by atoms with E-state index < -0.39 is 4.92 Å². The zero-order valence-electron chi connectivity index (χ0n) is 11.1. The lowest BCUT2D eigenvalue weighted by Crippen LogP contribution is -1.97. The standard InChI is InChI=1S/C15H10Br2ClNO3/c16-13-7-11(5-6-19(20)21)8-14(17)15(13)22-9-10-1-3-12(18)4-2-10/h1-8H,9H2/b6-5+. The Morgan fingerprint density at radius 1 is 1.18 bits per heavy atom. The lowest BCUT2D eigenvalue weighted by molar-refractivity contribution is -0.400. The molecule has 0 aliphatic carbocycles. The van der Waals surface area contributed by atoms with Crippen molar-refractivity contribution >= 4 is 49.5 Å². The van der Waals surface area contributed by atoms with Gasteiger partial charge in [-0.2, -0.15) is 0 Å². The van der Waals surface area contributed by atoms with Crippen LogP contribution in [-0.2, 0) is 6.61 Å². The number of ether oxygens (including phenoxy) is 1. The van der Waals surface area contributed by atoms with Crippen LogP contribution in [0.15, 0.2) is 51.5 Å². The van der Waals surface area contributed by atoms with Gasteiger partial charge in [0.2, 0.25) is 6.20 Å². The highest BCUT2D eigenvalue weighted by atomic mass is 79.9. The average Bonchev–Trinajstić information content (AvgIpc) is 2.46. The first-order chi connectivity index (χ1) is 10.5. The molecular weight excluding hydrogens is 437 g/mol. The molecule has 0 aliphatic rings. The van der Waals surface area contributed by atoms with Gasteiger partial charge >= 0.3 is 0 Å². The van der Waals surface area contributed by atoms with Crippen LogP contribution in [0.4, 0.5) is 0 Å². The lowest BCUT2D eigenvalue weighted by Gasteiger charge is -2.11. The summed E-state index contributed by atoms with van der Waals surface area (Å²) < 4.78 is 7.19. The highest BCUT2D eigenvalue weighted by Crippen LogP contribution is 2.35. The maximum atomic E-state index is 10.4. The van der Waals surface area contributed by atoms with Crippen LogP contribution >= 0.6 is 43.5 Å². The molecule has 2 aromatic carbocycles. The molecule has 0 aromatic heterocycles. The van der Waals surface area contributed by atoms with E-state index in [0.717, 1.165) is 11.8 Å². The number of benzene rings is 2. The predicted molar refractivity (Wildman–Crippen MR) is 93.7 cm³/mol. The summed E-state index contributed by atoms with van der Waals surface area (Å²) in [5.74, 6) is 0.633. The summed E-state index contributed by atoms with van der Waals surface area (Å²) in [6, 6.07) is 10.9. The minimum atomic E-state index is -0.507. The van der Waals surface area contributed by atoms with Gasteiger partial charge in [-0.15, -0.1) is 0 Å². The fourth-order valence-corrected chi connectivity index (χ4v) is 3.27. The molecule has 0 heterocycles. The van der Waals surface area contributed by atoms with E-state index in [-0.39, 0.29) is 0 Å². The van der Waals surface area contributed by atoms with Crippen molar-refractivity contribution in [3.8, 4) is 5.75 Å².